The van der Waals surface area contributed by atoms with Gasteiger partial charge in [-0.3, -0.25) is 9.59 Å². The molecule has 0 aliphatic carbocycles. The highest BCUT2D eigenvalue weighted by atomic mass is 32.2. The summed E-state index contributed by atoms with van der Waals surface area (Å²) in [4.78, 5) is 23.8. The number of carbonyl (C=O) groups excluding carboxylic acids is 2. The molecule has 0 fully saturated rings. The number of primary amides is 1. The number of thioether (sulfide) groups is 1. The van der Waals surface area contributed by atoms with Gasteiger partial charge in [0.2, 0.25) is 11.7 Å². The molecule has 0 spiro atoms. The van der Waals surface area contributed by atoms with Gasteiger partial charge < -0.3 is 15.5 Å². The van der Waals surface area contributed by atoms with Gasteiger partial charge in [0.15, 0.2) is 0 Å². The Hall–Kier alpha value is -2.73. The molecule has 26 heavy (non-hydrogen) atoms. The lowest BCUT2D eigenvalue weighted by Gasteiger charge is -2.05. The average Bonchev–Trinajstić information content (AvgIpc) is 3.01. The summed E-state index contributed by atoms with van der Waals surface area (Å²) in [6.07, 6.45) is 1.13. The molecule has 3 rings (SSSR count). The van der Waals surface area contributed by atoms with E-state index in [0.29, 0.717) is 23.1 Å². The highest BCUT2D eigenvalue weighted by Gasteiger charge is 2.19. The van der Waals surface area contributed by atoms with Gasteiger partial charge in [0, 0.05) is 17.6 Å². The lowest BCUT2D eigenvalue weighted by Crippen LogP contribution is -2.16. The molecule has 5 nitrogen and oxygen atoms in total. The first kappa shape index (κ1) is 18.1. The zero-order valence-corrected chi connectivity index (χ0v) is 15.1. The molecule has 6 heteroatoms. The fourth-order valence-electron chi connectivity index (χ4n) is 2.64. The van der Waals surface area contributed by atoms with Crippen LogP contribution in [0.3, 0.4) is 0 Å². The fraction of sp³-hybridized carbons (Fsp3) is 0.200. The van der Waals surface area contributed by atoms with Crippen LogP contribution in [0.2, 0.25) is 0 Å². The van der Waals surface area contributed by atoms with E-state index in [1.54, 1.807) is 30.0 Å². The monoisotopic (exact) mass is 368 g/mol. The number of furan rings is 1. The number of carbonyl (C=O) groups is 2. The number of hydrogen-bond donors (Lipinski definition) is 2. The molecule has 0 aliphatic heterocycles. The largest absolute Gasteiger partial charge is 0.449 e. The Morgan fingerprint density at radius 3 is 2.54 bits per heavy atom. The first-order valence-electron chi connectivity index (χ1n) is 8.38. The summed E-state index contributed by atoms with van der Waals surface area (Å²) in [6.45, 7) is 0. The molecule has 0 saturated heterocycles. The normalized spacial score (nSPS) is 10.8. The van der Waals surface area contributed by atoms with E-state index in [-0.39, 0.29) is 11.7 Å². The Morgan fingerprint density at radius 2 is 1.77 bits per heavy atom. The number of amides is 2. The Labute approximate surface area is 155 Å². The van der Waals surface area contributed by atoms with Crippen molar-refractivity contribution in [1.82, 2.24) is 0 Å². The number of para-hydroxylation sites is 1. The molecule has 2 aromatic carbocycles. The van der Waals surface area contributed by atoms with Gasteiger partial charge in [0.05, 0.1) is 0 Å². The van der Waals surface area contributed by atoms with Crippen LogP contribution in [-0.4, -0.2) is 17.6 Å². The number of hydrogen-bond acceptors (Lipinski definition) is 4. The van der Waals surface area contributed by atoms with Crippen molar-refractivity contribution in [3.63, 3.8) is 0 Å². The van der Waals surface area contributed by atoms with Crippen LogP contribution in [0.25, 0.3) is 11.0 Å². The van der Waals surface area contributed by atoms with Gasteiger partial charge in [-0.2, -0.15) is 11.8 Å². The third-order valence-corrected chi connectivity index (χ3v) is 5.00. The van der Waals surface area contributed by atoms with Gasteiger partial charge in [-0.25, -0.2) is 0 Å². The first-order valence-corrected chi connectivity index (χ1v) is 9.53. The maximum absolute atomic E-state index is 12.2. The summed E-state index contributed by atoms with van der Waals surface area (Å²) in [7, 11) is 0. The zero-order chi connectivity index (χ0) is 18.4. The second-order valence-corrected chi connectivity index (χ2v) is 6.96. The van der Waals surface area contributed by atoms with Crippen molar-refractivity contribution < 1.29 is 14.0 Å². The summed E-state index contributed by atoms with van der Waals surface area (Å²) in [5.74, 6) is 0.949. The van der Waals surface area contributed by atoms with Crippen LogP contribution in [0, 0.1) is 0 Å². The highest BCUT2D eigenvalue weighted by Crippen LogP contribution is 2.30. The molecule has 3 N–H and O–H groups in total. The standard InChI is InChI=1S/C20H20N2O3S/c21-20(24)19-18(15-9-4-5-10-16(15)25-19)22-17(23)11-6-12-26-13-14-7-2-1-3-8-14/h1-5,7-10H,6,11-13H2,(H2,21,24)(H,22,23). The van der Waals surface area contributed by atoms with E-state index in [4.69, 9.17) is 10.2 Å². The topological polar surface area (TPSA) is 85.3 Å². The van der Waals surface area contributed by atoms with Gasteiger partial charge in [-0.05, 0) is 29.9 Å². The van der Waals surface area contributed by atoms with E-state index < -0.39 is 5.91 Å². The van der Waals surface area contributed by atoms with Gasteiger partial charge in [0.25, 0.3) is 5.91 Å². The van der Waals surface area contributed by atoms with Crippen molar-refractivity contribution in [3.8, 4) is 0 Å². The Kier molecular flexibility index (Phi) is 5.96. The third-order valence-electron chi connectivity index (χ3n) is 3.89. The number of rotatable bonds is 8. The molecule has 0 atom stereocenters. The second kappa shape index (κ2) is 8.58. The zero-order valence-electron chi connectivity index (χ0n) is 14.2. The van der Waals surface area contributed by atoms with E-state index in [1.165, 1.54) is 5.56 Å². The molecule has 1 heterocycles. The predicted molar refractivity (Wildman–Crippen MR) is 105 cm³/mol. The summed E-state index contributed by atoms with van der Waals surface area (Å²) < 4.78 is 5.46. The number of nitrogens with one attached hydrogen (secondary N) is 1. The van der Waals surface area contributed by atoms with Gasteiger partial charge in [0.1, 0.15) is 11.3 Å². The van der Waals surface area contributed by atoms with Crippen molar-refractivity contribution in [3.05, 3.63) is 65.9 Å². The average molecular weight is 368 g/mol. The minimum atomic E-state index is -0.699. The van der Waals surface area contributed by atoms with E-state index >= 15 is 0 Å². The molecule has 0 aliphatic rings. The SMILES string of the molecule is NC(=O)c1oc2ccccc2c1NC(=O)CCCSCc1ccccc1. The van der Waals surface area contributed by atoms with Crippen LogP contribution < -0.4 is 11.1 Å². The lowest BCUT2D eigenvalue weighted by atomic mass is 10.2. The Bertz CT molecular complexity index is 906. The van der Waals surface area contributed by atoms with E-state index in [1.807, 2.05) is 24.3 Å². The molecule has 0 bridgehead atoms. The summed E-state index contributed by atoms with van der Waals surface area (Å²) >= 11 is 1.79. The summed E-state index contributed by atoms with van der Waals surface area (Å²) in [5.41, 5.74) is 7.52. The van der Waals surface area contributed by atoms with Crippen LogP contribution in [0.4, 0.5) is 5.69 Å². The fourth-order valence-corrected chi connectivity index (χ4v) is 3.56. The molecular formula is C20H20N2O3S. The van der Waals surface area contributed by atoms with E-state index in [9.17, 15) is 9.59 Å². The van der Waals surface area contributed by atoms with Crippen molar-refractivity contribution >= 4 is 40.2 Å². The molecule has 3 aromatic rings. The van der Waals surface area contributed by atoms with Crippen molar-refractivity contribution in [1.29, 1.82) is 0 Å². The maximum Gasteiger partial charge on any atom is 0.286 e. The van der Waals surface area contributed by atoms with Crippen LogP contribution >= 0.6 is 11.8 Å². The number of nitrogens with two attached hydrogens (primary N) is 1. The first-order chi connectivity index (χ1) is 12.6. The second-order valence-electron chi connectivity index (χ2n) is 5.86. The minimum Gasteiger partial charge on any atom is -0.449 e. The number of anilines is 1. The molecular weight excluding hydrogens is 348 g/mol. The quantitative estimate of drug-likeness (QED) is 0.584. The summed E-state index contributed by atoms with van der Waals surface area (Å²) in [5, 5.41) is 3.45. The van der Waals surface area contributed by atoms with Crippen molar-refractivity contribution in [2.24, 2.45) is 5.73 Å². The molecule has 1 aromatic heterocycles. The molecule has 2 amide bonds. The van der Waals surface area contributed by atoms with Crippen molar-refractivity contribution in [2.45, 2.75) is 18.6 Å². The predicted octanol–water partition coefficient (Wildman–Crippen LogP) is 4.18. The van der Waals surface area contributed by atoms with Crippen LogP contribution in [0.5, 0.6) is 0 Å². The Morgan fingerprint density at radius 1 is 1.04 bits per heavy atom. The molecule has 0 radical (unpaired) electrons. The van der Waals surface area contributed by atoms with Crippen LogP contribution in [0.1, 0.15) is 29.0 Å². The molecule has 0 saturated carbocycles. The van der Waals surface area contributed by atoms with E-state index in [2.05, 4.69) is 17.4 Å². The van der Waals surface area contributed by atoms with Crippen molar-refractivity contribution in [2.75, 3.05) is 11.1 Å². The number of benzene rings is 2. The molecule has 0 unspecified atom stereocenters. The number of fused-ring (bicyclic) bond motifs is 1. The smallest absolute Gasteiger partial charge is 0.286 e. The van der Waals surface area contributed by atoms with E-state index in [0.717, 1.165) is 17.9 Å². The third kappa shape index (κ3) is 4.46. The summed E-state index contributed by atoms with van der Waals surface area (Å²) in [6, 6.07) is 17.4. The lowest BCUT2D eigenvalue weighted by molar-refractivity contribution is -0.116. The maximum atomic E-state index is 12.2. The Balaban J connectivity index is 1.53. The van der Waals surface area contributed by atoms with Gasteiger partial charge >= 0.3 is 0 Å². The van der Waals surface area contributed by atoms with Crippen LogP contribution in [-0.2, 0) is 10.5 Å². The van der Waals surface area contributed by atoms with Gasteiger partial charge in [-0.15, -0.1) is 0 Å². The minimum absolute atomic E-state index is 0.0157. The highest BCUT2D eigenvalue weighted by molar-refractivity contribution is 7.98. The molecule has 134 valence electrons. The van der Waals surface area contributed by atoms with Gasteiger partial charge in [-0.1, -0.05) is 42.5 Å². The van der Waals surface area contributed by atoms with Crippen LogP contribution in [0.15, 0.2) is 59.0 Å².